The highest BCUT2D eigenvalue weighted by Gasteiger charge is 2.21. The van der Waals surface area contributed by atoms with Gasteiger partial charge in [-0.2, -0.15) is 0 Å². The van der Waals surface area contributed by atoms with Gasteiger partial charge in [-0.15, -0.1) is 0 Å². The monoisotopic (exact) mass is 297 g/mol. The molecule has 0 atom stereocenters. The van der Waals surface area contributed by atoms with Crippen LogP contribution in [0.15, 0.2) is 12.1 Å². The molecule has 4 nitrogen and oxygen atoms in total. The van der Waals surface area contributed by atoms with Gasteiger partial charge in [-0.05, 0) is 24.1 Å². The third kappa shape index (κ3) is 3.57. The van der Waals surface area contributed by atoms with Gasteiger partial charge in [0.25, 0.3) is 0 Å². The first-order chi connectivity index (χ1) is 9.38. The van der Waals surface area contributed by atoms with Crippen molar-refractivity contribution in [3.63, 3.8) is 0 Å². The van der Waals surface area contributed by atoms with Crippen molar-refractivity contribution in [2.24, 2.45) is 5.41 Å². The van der Waals surface area contributed by atoms with Crippen molar-refractivity contribution >= 4 is 17.5 Å². The van der Waals surface area contributed by atoms with E-state index < -0.39 is 0 Å². The zero-order valence-electron chi connectivity index (χ0n) is 12.1. The Morgan fingerprint density at radius 2 is 2.00 bits per heavy atom. The Morgan fingerprint density at radius 3 is 2.70 bits per heavy atom. The Bertz CT molecular complexity index is 509. The lowest BCUT2D eigenvalue weighted by molar-refractivity contribution is -0.128. The Morgan fingerprint density at radius 1 is 1.30 bits per heavy atom. The number of halogens is 1. The molecule has 1 heterocycles. The van der Waals surface area contributed by atoms with Crippen molar-refractivity contribution in [1.82, 2.24) is 5.32 Å². The van der Waals surface area contributed by atoms with Gasteiger partial charge in [-0.1, -0.05) is 32.4 Å². The fraction of sp³-hybridized carbons (Fsp3) is 0.533. The van der Waals surface area contributed by atoms with Gasteiger partial charge in [0.05, 0.1) is 5.02 Å². The topological polar surface area (TPSA) is 47.6 Å². The molecule has 0 bridgehead atoms. The molecule has 20 heavy (non-hydrogen) atoms. The fourth-order valence-electron chi connectivity index (χ4n) is 1.89. The van der Waals surface area contributed by atoms with Crippen molar-refractivity contribution in [2.75, 3.05) is 19.8 Å². The predicted octanol–water partition coefficient (Wildman–Crippen LogP) is 2.82. The maximum absolute atomic E-state index is 11.8. The molecule has 5 heteroatoms. The minimum atomic E-state index is -0.371. The van der Waals surface area contributed by atoms with Crippen molar-refractivity contribution in [2.45, 2.75) is 27.2 Å². The first-order valence-electron chi connectivity index (χ1n) is 6.74. The first kappa shape index (κ1) is 15.0. The summed E-state index contributed by atoms with van der Waals surface area (Å²) < 4.78 is 11.0. The van der Waals surface area contributed by atoms with E-state index in [2.05, 4.69) is 5.32 Å². The van der Waals surface area contributed by atoms with Crippen LogP contribution >= 0.6 is 11.6 Å². The highest BCUT2D eigenvalue weighted by molar-refractivity contribution is 6.32. The zero-order valence-corrected chi connectivity index (χ0v) is 12.8. The number of fused-ring (bicyclic) bond motifs is 1. The van der Waals surface area contributed by atoms with Crippen molar-refractivity contribution in [1.29, 1.82) is 0 Å². The van der Waals surface area contributed by atoms with E-state index in [9.17, 15) is 4.79 Å². The molecule has 110 valence electrons. The molecule has 0 saturated carbocycles. The van der Waals surface area contributed by atoms with Gasteiger partial charge in [0, 0.05) is 12.0 Å². The van der Waals surface area contributed by atoms with Crippen LogP contribution in [-0.2, 0) is 11.2 Å². The molecule has 1 N–H and O–H groups in total. The molecule has 0 aromatic heterocycles. The molecule has 1 aliphatic heterocycles. The number of ether oxygens (including phenoxy) is 2. The summed E-state index contributed by atoms with van der Waals surface area (Å²) >= 11 is 6.17. The molecule has 0 fully saturated rings. The van der Waals surface area contributed by atoms with E-state index in [1.165, 1.54) is 0 Å². The van der Waals surface area contributed by atoms with Crippen LogP contribution in [0, 0.1) is 5.41 Å². The number of hydrogen-bond donors (Lipinski definition) is 1. The Balaban J connectivity index is 1.97. The lowest BCUT2D eigenvalue weighted by Gasteiger charge is -2.21. The molecule has 1 aliphatic rings. The second-order valence-corrected chi connectivity index (χ2v) is 6.26. The average molecular weight is 298 g/mol. The van der Waals surface area contributed by atoms with Crippen LogP contribution in [-0.4, -0.2) is 25.7 Å². The summed E-state index contributed by atoms with van der Waals surface area (Å²) in [5, 5.41) is 3.47. The lowest BCUT2D eigenvalue weighted by Crippen LogP contribution is -2.35. The first-order valence-corrected chi connectivity index (χ1v) is 7.12. The Kier molecular flexibility index (Phi) is 4.43. The van der Waals surface area contributed by atoms with E-state index in [0.717, 1.165) is 5.56 Å². The fourth-order valence-corrected chi connectivity index (χ4v) is 2.18. The molecule has 0 aliphatic carbocycles. The number of hydrogen-bond acceptors (Lipinski definition) is 3. The molecular formula is C15H20ClNO3. The molecule has 1 amide bonds. The van der Waals surface area contributed by atoms with Gasteiger partial charge in [0.2, 0.25) is 5.91 Å². The number of benzene rings is 1. The second-order valence-electron chi connectivity index (χ2n) is 5.86. The maximum Gasteiger partial charge on any atom is 0.225 e. The summed E-state index contributed by atoms with van der Waals surface area (Å²) in [4.78, 5) is 11.8. The summed E-state index contributed by atoms with van der Waals surface area (Å²) in [6.07, 6.45) is 0.707. The van der Waals surface area contributed by atoms with Crippen molar-refractivity contribution in [3.8, 4) is 11.5 Å². The summed E-state index contributed by atoms with van der Waals surface area (Å²) in [5.41, 5.74) is 0.651. The second kappa shape index (κ2) is 5.92. The van der Waals surface area contributed by atoms with Gasteiger partial charge >= 0.3 is 0 Å². The standard InChI is InChI=1S/C15H20ClNO3/c1-15(2,3)14(18)17-5-4-10-8-11(16)13-12(9-10)19-6-7-20-13/h8-9H,4-7H2,1-3H3,(H,17,18). The number of nitrogens with one attached hydrogen (secondary N) is 1. The Hall–Kier alpha value is -1.42. The minimum absolute atomic E-state index is 0.0427. The van der Waals surface area contributed by atoms with Gasteiger partial charge in [0.1, 0.15) is 13.2 Å². The highest BCUT2D eigenvalue weighted by Crippen LogP contribution is 2.38. The van der Waals surface area contributed by atoms with Crippen molar-refractivity contribution in [3.05, 3.63) is 22.7 Å². The quantitative estimate of drug-likeness (QED) is 0.933. The molecule has 0 spiro atoms. The van der Waals surface area contributed by atoms with Crippen LogP contribution in [0.25, 0.3) is 0 Å². The number of rotatable bonds is 3. The van der Waals surface area contributed by atoms with Crippen LogP contribution in [0.3, 0.4) is 0 Å². The van der Waals surface area contributed by atoms with E-state index in [1.807, 2.05) is 32.9 Å². The van der Waals surface area contributed by atoms with Gasteiger partial charge in [0.15, 0.2) is 11.5 Å². The van der Waals surface area contributed by atoms with Crippen LogP contribution in [0.4, 0.5) is 0 Å². The molecule has 1 aromatic rings. The van der Waals surface area contributed by atoms with Crippen LogP contribution in [0.1, 0.15) is 26.3 Å². The third-order valence-electron chi connectivity index (χ3n) is 3.04. The molecule has 1 aromatic carbocycles. The molecule has 0 unspecified atom stereocenters. The van der Waals surface area contributed by atoms with Gasteiger partial charge in [-0.3, -0.25) is 4.79 Å². The van der Waals surface area contributed by atoms with Crippen molar-refractivity contribution < 1.29 is 14.3 Å². The van der Waals surface area contributed by atoms with E-state index in [0.29, 0.717) is 42.7 Å². The average Bonchev–Trinajstić information content (AvgIpc) is 2.37. The molecule has 0 radical (unpaired) electrons. The molecule has 0 saturated heterocycles. The largest absolute Gasteiger partial charge is 0.486 e. The zero-order chi connectivity index (χ0) is 14.8. The van der Waals surface area contributed by atoms with E-state index in [1.54, 1.807) is 0 Å². The van der Waals surface area contributed by atoms with Gasteiger partial charge < -0.3 is 14.8 Å². The van der Waals surface area contributed by atoms with Crippen LogP contribution in [0.2, 0.25) is 5.02 Å². The molecule has 2 rings (SSSR count). The molecular weight excluding hydrogens is 278 g/mol. The smallest absolute Gasteiger partial charge is 0.225 e. The van der Waals surface area contributed by atoms with E-state index in [4.69, 9.17) is 21.1 Å². The minimum Gasteiger partial charge on any atom is -0.486 e. The summed E-state index contributed by atoms with van der Waals surface area (Å²) in [6, 6.07) is 3.78. The number of amides is 1. The lowest BCUT2D eigenvalue weighted by atomic mass is 9.95. The van der Waals surface area contributed by atoms with Crippen LogP contribution < -0.4 is 14.8 Å². The summed E-state index contributed by atoms with van der Waals surface area (Å²) in [5.74, 6) is 1.34. The Labute approximate surface area is 124 Å². The SMILES string of the molecule is CC(C)(C)C(=O)NCCc1cc(Cl)c2c(c1)OCCO2. The van der Waals surface area contributed by atoms with Crippen LogP contribution in [0.5, 0.6) is 11.5 Å². The van der Waals surface area contributed by atoms with E-state index >= 15 is 0 Å². The summed E-state index contributed by atoms with van der Waals surface area (Å²) in [6.45, 7) is 7.31. The maximum atomic E-state index is 11.8. The highest BCUT2D eigenvalue weighted by atomic mass is 35.5. The summed E-state index contributed by atoms with van der Waals surface area (Å²) in [7, 11) is 0. The number of carbonyl (C=O) groups excluding carboxylic acids is 1. The van der Waals surface area contributed by atoms with Gasteiger partial charge in [-0.25, -0.2) is 0 Å². The third-order valence-corrected chi connectivity index (χ3v) is 3.32. The predicted molar refractivity (Wildman–Crippen MR) is 78.6 cm³/mol. The number of carbonyl (C=O) groups is 1. The normalized spacial score (nSPS) is 14.0. The van der Waals surface area contributed by atoms with E-state index in [-0.39, 0.29) is 11.3 Å².